The molecule has 0 amide bonds. The van der Waals surface area contributed by atoms with Crippen LogP contribution < -0.4 is 4.74 Å². The molecule has 0 N–H and O–H groups in total. The Hall–Kier alpha value is -3.40. The van der Waals surface area contributed by atoms with Crippen molar-refractivity contribution in [3.05, 3.63) is 99.6 Å². The van der Waals surface area contributed by atoms with E-state index in [1.807, 2.05) is 6.07 Å². The molecule has 40 heavy (non-hydrogen) atoms. The molecule has 0 radical (unpaired) electrons. The third kappa shape index (κ3) is 6.32. The molecule has 0 aromatic heterocycles. The Morgan fingerprint density at radius 1 is 0.700 bits per heavy atom. The van der Waals surface area contributed by atoms with Crippen LogP contribution in [-0.2, 0) is 4.74 Å². The van der Waals surface area contributed by atoms with Gasteiger partial charge in [-0.3, -0.25) is 0 Å². The molecule has 0 spiro atoms. The molecule has 2 aliphatic carbocycles. The summed E-state index contributed by atoms with van der Waals surface area (Å²) in [5.74, 6) is 0.992. The fraction of sp³-hybridized carbons (Fsp3) is 0.444. The minimum absolute atomic E-state index is 0.242. The molecule has 4 heteroatoms. The summed E-state index contributed by atoms with van der Waals surface area (Å²) in [7, 11) is 1.33. The van der Waals surface area contributed by atoms with Crippen molar-refractivity contribution < 1.29 is 19.1 Å². The maximum atomic E-state index is 13.2. The third-order valence-corrected chi connectivity index (χ3v) is 9.15. The van der Waals surface area contributed by atoms with Crippen LogP contribution in [0.5, 0.6) is 5.75 Å². The second-order valence-corrected chi connectivity index (χ2v) is 11.8. The van der Waals surface area contributed by atoms with Crippen molar-refractivity contribution in [3.8, 4) is 5.75 Å². The number of ether oxygens (including phenoxy) is 2. The van der Waals surface area contributed by atoms with Gasteiger partial charge in [0.1, 0.15) is 5.75 Å². The lowest BCUT2D eigenvalue weighted by molar-refractivity contribution is 0.0600. The molecule has 210 valence electrons. The van der Waals surface area contributed by atoms with Gasteiger partial charge < -0.3 is 9.47 Å². The average molecular weight is 539 g/mol. The molecule has 0 bridgehead atoms. The lowest BCUT2D eigenvalue weighted by atomic mass is 9.79. The standard InChI is InChI=1S/C36H42O4/c1-24-17-18-28(22-32(24)26-11-6-4-7-12-26)25(2)29-19-20-34(33(23-29)27-13-8-5-9-14-27)40-36(38)31-16-10-15-30(21-31)35(37)39-3/h10,15-23,25-27H,4-9,11-14H2,1-3H3. The van der Waals surface area contributed by atoms with E-state index < -0.39 is 11.9 Å². The summed E-state index contributed by atoms with van der Waals surface area (Å²) < 4.78 is 10.8. The van der Waals surface area contributed by atoms with E-state index in [4.69, 9.17) is 9.47 Å². The van der Waals surface area contributed by atoms with E-state index in [2.05, 4.69) is 44.2 Å². The van der Waals surface area contributed by atoms with Crippen molar-refractivity contribution in [3.63, 3.8) is 0 Å². The van der Waals surface area contributed by atoms with Gasteiger partial charge in [-0.25, -0.2) is 9.59 Å². The van der Waals surface area contributed by atoms with Gasteiger partial charge in [-0.05, 0) is 96.5 Å². The van der Waals surface area contributed by atoms with Crippen molar-refractivity contribution in [2.24, 2.45) is 0 Å². The molecule has 5 rings (SSSR count). The van der Waals surface area contributed by atoms with Crippen molar-refractivity contribution in [2.45, 2.75) is 95.8 Å². The first kappa shape index (κ1) is 28.1. The van der Waals surface area contributed by atoms with Crippen LogP contribution in [0.25, 0.3) is 0 Å². The number of benzene rings is 3. The predicted molar refractivity (Wildman–Crippen MR) is 160 cm³/mol. The highest BCUT2D eigenvalue weighted by atomic mass is 16.5. The summed E-state index contributed by atoms with van der Waals surface area (Å²) in [4.78, 5) is 25.2. The van der Waals surface area contributed by atoms with Crippen LogP contribution in [0.15, 0.2) is 60.7 Å². The molecule has 4 nitrogen and oxygen atoms in total. The van der Waals surface area contributed by atoms with E-state index in [1.54, 1.807) is 18.2 Å². The Kier molecular flexibility index (Phi) is 9.04. The van der Waals surface area contributed by atoms with Crippen LogP contribution in [0.2, 0.25) is 0 Å². The Morgan fingerprint density at radius 3 is 1.88 bits per heavy atom. The highest BCUT2D eigenvalue weighted by molar-refractivity contribution is 5.96. The quantitative estimate of drug-likeness (QED) is 0.222. The van der Waals surface area contributed by atoms with Gasteiger partial charge >= 0.3 is 11.9 Å². The fourth-order valence-corrected chi connectivity index (χ4v) is 6.69. The van der Waals surface area contributed by atoms with Gasteiger partial charge in [0.25, 0.3) is 0 Å². The number of hydrogen-bond acceptors (Lipinski definition) is 4. The van der Waals surface area contributed by atoms with Gasteiger partial charge in [-0.15, -0.1) is 0 Å². The first-order valence-electron chi connectivity index (χ1n) is 15.1. The summed E-state index contributed by atoms with van der Waals surface area (Å²) in [6.07, 6.45) is 12.5. The van der Waals surface area contributed by atoms with E-state index >= 15 is 0 Å². The van der Waals surface area contributed by atoms with Gasteiger partial charge in [0.15, 0.2) is 0 Å². The van der Waals surface area contributed by atoms with Crippen LogP contribution in [0.1, 0.15) is 137 Å². The number of aryl methyl sites for hydroxylation is 1. The summed E-state index contributed by atoms with van der Waals surface area (Å²) in [6.45, 7) is 4.54. The molecule has 2 aliphatic rings. The minimum Gasteiger partial charge on any atom is -0.465 e. The van der Waals surface area contributed by atoms with Crippen LogP contribution in [-0.4, -0.2) is 19.0 Å². The molecule has 3 aromatic rings. The maximum absolute atomic E-state index is 13.2. The van der Waals surface area contributed by atoms with E-state index in [-0.39, 0.29) is 5.92 Å². The number of hydrogen-bond donors (Lipinski definition) is 0. The second-order valence-electron chi connectivity index (χ2n) is 11.8. The highest BCUT2D eigenvalue weighted by Gasteiger charge is 2.24. The number of carbonyl (C=O) groups excluding carboxylic acids is 2. The Balaban J connectivity index is 1.43. The fourth-order valence-electron chi connectivity index (χ4n) is 6.69. The number of esters is 2. The zero-order chi connectivity index (χ0) is 28.1. The zero-order valence-corrected chi connectivity index (χ0v) is 24.2. The van der Waals surface area contributed by atoms with Crippen molar-refractivity contribution in [1.82, 2.24) is 0 Å². The molecule has 3 aromatic carbocycles. The monoisotopic (exact) mass is 538 g/mol. The van der Waals surface area contributed by atoms with Crippen molar-refractivity contribution in [1.29, 1.82) is 0 Å². The van der Waals surface area contributed by atoms with Gasteiger partial charge in [0.05, 0.1) is 18.2 Å². The molecule has 2 fully saturated rings. The Labute approximate surface area is 239 Å². The summed E-state index contributed by atoms with van der Waals surface area (Å²) in [6, 6.07) is 19.9. The predicted octanol–water partition coefficient (Wildman–Crippen LogP) is 9.25. The largest absolute Gasteiger partial charge is 0.465 e. The van der Waals surface area contributed by atoms with Crippen LogP contribution in [0.4, 0.5) is 0 Å². The summed E-state index contributed by atoms with van der Waals surface area (Å²) >= 11 is 0. The molecular weight excluding hydrogens is 496 g/mol. The SMILES string of the molecule is COC(=O)c1cccc(C(=O)Oc2ccc(C(C)c3ccc(C)c(C4CCCCC4)c3)cc2C2CCCCC2)c1. The maximum Gasteiger partial charge on any atom is 0.343 e. The zero-order valence-electron chi connectivity index (χ0n) is 24.2. The smallest absolute Gasteiger partial charge is 0.343 e. The summed E-state index contributed by atoms with van der Waals surface area (Å²) in [5.41, 5.74) is 7.34. The average Bonchev–Trinajstić information content (AvgIpc) is 3.01. The third-order valence-electron chi connectivity index (χ3n) is 9.15. The Morgan fingerprint density at radius 2 is 1.25 bits per heavy atom. The number of rotatable bonds is 7. The van der Waals surface area contributed by atoms with E-state index in [0.29, 0.717) is 28.7 Å². The van der Waals surface area contributed by atoms with Crippen LogP contribution in [0, 0.1) is 6.92 Å². The van der Waals surface area contributed by atoms with Gasteiger partial charge in [0, 0.05) is 5.92 Å². The molecule has 0 saturated heterocycles. The molecule has 0 heterocycles. The van der Waals surface area contributed by atoms with Crippen LogP contribution in [0.3, 0.4) is 0 Å². The van der Waals surface area contributed by atoms with Crippen LogP contribution >= 0.6 is 0 Å². The molecular formula is C36H42O4. The first-order valence-corrected chi connectivity index (χ1v) is 15.1. The van der Waals surface area contributed by atoms with Crippen molar-refractivity contribution in [2.75, 3.05) is 7.11 Å². The first-order chi connectivity index (χ1) is 19.4. The van der Waals surface area contributed by atoms with E-state index in [1.165, 1.54) is 86.8 Å². The Bertz CT molecular complexity index is 1340. The van der Waals surface area contributed by atoms with E-state index in [9.17, 15) is 9.59 Å². The second kappa shape index (κ2) is 12.8. The molecule has 2 saturated carbocycles. The highest BCUT2D eigenvalue weighted by Crippen LogP contribution is 2.41. The molecule has 0 aliphatic heterocycles. The van der Waals surface area contributed by atoms with Gasteiger partial charge in [-0.1, -0.05) is 81.8 Å². The van der Waals surface area contributed by atoms with Gasteiger partial charge in [0.2, 0.25) is 0 Å². The number of methoxy groups -OCH3 is 1. The van der Waals surface area contributed by atoms with E-state index in [0.717, 1.165) is 18.4 Å². The number of carbonyl (C=O) groups is 2. The molecule has 1 atom stereocenters. The topological polar surface area (TPSA) is 52.6 Å². The normalized spacial score (nSPS) is 17.3. The lowest BCUT2D eigenvalue weighted by Gasteiger charge is -2.27. The van der Waals surface area contributed by atoms with Gasteiger partial charge in [-0.2, -0.15) is 0 Å². The summed E-state index contributed by atoms with van der Waals surface area (Å²) in [5, 5.41) is 0. The van der Waals surface area contributed by atoms with Crippen molar-refractivity contribution >= 4 is 11.9 Å². The molecule has 1 unspecified atom stereocenters. The lowest BCUT2D eigenvalue weighted by Crippen LogP contribution is -2.14. The minimum atomic E-state index is -0.473.